The van der Waals surface area contributed by atoms with Crippen molar-refractivity contribution in [2.75, 3.05) is 4.90 Å². The van der Waals surface area contributed by atoms with E-state index in [4.69, 9.17) is 15.0 Å². The summed E-state index contributed by atoms with van der Waals surface area (Å²) in [7, 11) is 0. The van der Waals surface area contributed by atoms with E-state index in [1.807, 2.05) is 36.4 Å². The highest BCUT2D eigenvalue weighted by molar-refractivity contribution is 6.29. The maximum Gasteiger partial charge on any atom is 0.238 e. The largest absolute Gasteiger partial charge is 0.309 e. The fourth-order valence-corrected chi connectivity index (χ4v) is 10.3. The van der Waals surface area contributed by atoms with Gasteiger partial charge in [-0.2, -0.15) is 9.97 Å². The zero-order valence-electron chi connectivity index (χ0n) is 34.8. The first-order valence-corrected chi connectivity index (χ1v) is 21.6. The third-order valence-corrected chi connectivity index (χ3v) is 13.3. The summed E-state index contributed by atoms with van der Waals surface area (Å²) in [5.41, 5.74) is 9.37. The molecule has 0 spiro atoms. The van der Waals surface area contributed by atoms with Gasteiger partial charge in [0.25, 0.3) is 0 Å². The van der Waals surface area contributed by atoms with Crippen molar-refractivity contribution >= 4 is 82.2 Å². The van der Waals surface area contributed by atoms with Crippen LogP contribution < -0.4 is 4.90 Å². The lowest BCUT2D eigenvalue weighted by Gasteiger charge is -2.41. The van der Waals surface area contributed by atoms with Gasteiger partial charge in [0.1, 0.15) is 0 Å². The monoisotopic (exact) mass is 805 g/mol. The van der Waals surface area contributed by atoms with Crippen molar-refractivity contribution < 1.29 is 0 Å². The molecule has 3 heterocycles. The Morgan fingerprint density at radius 3 is 1.41 bits per heavy atom. The molecule has 0 aliphatic carbocycles. The normalized spacial score (nSPS) is 13.3. The summed E-state index contributed by atoms with van der Waals surface area (Å²) in [4.78, 5) is 18.2. The number of anilines is 3. The first-order valence-electron chi connectivity index (χ1n) is 21.6. The van der Waals surface area contributed by atoms with Crippen LogP contribution in [0.4, 0.5) is 17.3 Å². The summed E-state index contributed by atoms with van der Waals surface area (Å²) >= 11 is 0. The molecule has 2 aromatic heterocycles. The Labute approximate surface area is 364 Å². The van der Waals surface area contributed by atoms with Crippen molar-refractivity contribution in [3.05, 3.63) is 211 Å². The molecule has 0 saturated carbocycles. The van der Waals surface area contributed by atoms with Crippen LogP contribution in [0.25, 0.3) is 93.4 Å². The lowest BCUT2D eigenvalue weighted by molar-refractivity contribution is 0.632. The number of benzene rings is 10. The van der Waals surface area contributed by atoms with Crippen LogP contribution in [0.2, 0.25) is 0 Å². The van der Waals surface area contributed by atoms with E-state index >= 15 is 0 Å². The average molecular weight is 806 g/mol. The lowest BCUT2D eigenvalue weighted by atomic mass is 9.72. The summed E-state index contributed by atoms with van der Waals surface area (Å²) in [6.45, 7) is 4.73. The van der Waals surface area contributed by atoms with Crippen molar-refractivity contribution in [3.8, 4) is 28.5 Å². The first kappa shape index (κ1) is 35.6. The zero-order valence-corrected chi connectivity index (χ0v) is 34.8. The number of para-hydroxylation sites is 1. The first-order chi connectivity index (χ1) is 31.0. The minimum atomic E-state index is -0.391. The lowest BCUT2D eigenvalue weighted by Crippen LogP contribution is -2.31. The van der Waals surface area contributed by atoms with Crippen molar-refractivity contribution in [1.29, 1.82) is 0 Å². The van der Waals surface area contributed by atoms with Gasteiger partial charge in [-0.3, -0.25) is 4.90 Å². The van der Waals surface area contributed by atoms with Crippen LogP contribution in [0.5, 0.6) is 0 Å². The zero-order chi connectivity index (χ0) is 41.8. The van der Waals surface area contributed by atoms with Gasteiger partial charge in [-0.1, -0.05) is 166 Å². The fraction of sp³-hybridized carbons (Fsp3) is 0.0517. The number of nitrogens with zero attached hydrogens (tertiary/aromatic N) is 5. The molecule has 10 aromatic carbocycles. The Hall–Kier alpha value is -8.15. The molecule has 0 N–H and O–H groups in total. The van der Waals surface area contributed by atoms with E-state index in [1.54, 1.807) is 0 Å². The molecule has 0 amide bonds. The highest BCUT2D eigenvalue weighted by atomic mass is 15.3. The quantitative estimate of drug-likeness (QED) is 0.166. The average Bonchev–Trinajstić information content (AvgIpc) is 3.65. The molecule has 0 saturated heterocycles. The second kappa shape index (κ2) is 13.4. The van der Waals surface area contributed by atoms with E-state index in [-0.39, 0.29) is 0 Å². The van der Waals surface area contributed by atoms with Crippen LogP contribution in [0.3, 0.4) is 0 Å². The van der Waals surface area contributed by atoms with Gasteiger partial charge in [0.05, 0.1) is 22.4 Å². The Morgan fingerprint density at radius 1 is 0.365 bits per heavy atom. The molecule has 12 aromatic rings. The minimum Gasteiger partial charge on any atom is -0.309 e. The van der Waals surface area contributed by atoms with Crippen molar-refractivity contribution in [2.24, 2.45) is 0 Å². The maximum absolute atomic E-state index is 5.37. The van der Waals surface area contributed by atoms with Crippen molar-refractivity contribution in [3.63, 3.8) is 0 Å². The Bertz CT molecular complexity index is 3760. The molecule has 0 fully saturated rings. The minimum absolute atomic E-state index is 0.391. The second-order valence-corrected chi connectivity index (χ2v) is 17.3. The number of hydrogen-bond acceptors (Lipinski definition) is 4. The van der Waals surface area contributed by atoms with Gasteiger partial charge in [-0.25, -0.2) is 4.98 Å². The highest BCUT2D eigenvalue weighted by Crippen LogP contribution is 2.54. The van der Waals surface area contributed by atoms with Gasteiger partial charge < -0.3 is 4.57 Å². The van der Waals surface area contributed by atoms with E-state index in [1.165, 1.54) is 59.6 Å². The van der Waals surface area contributed by atoms with Gasteiger partial charge in [-0.15, -0.1) is 0 Å². The Kier molecular flexibility index (Phi) is 7.58. The predicted octanol–water partition coefficient (Wildman–Crippen LogP) is 15.0. The summed E-state index contributed by atoms with van der Waals surface area (Å²) in [5, 5.41) is 12.3. The molecule has 0 unspecified atom stereocenters. The molecular weight excluding hydrogens is 767 g/mol. The van der Waals surface area contributed by atoms with Crippen LogP contribution in [0, 0.1) is 0 Å². The predicted molar refractivity (Wildman–Crippen MR) is 262 cm³/mol. The summed E-state index contributed by atoms with van der Waals surface area (Å²) in [5.74, 6) is 1.82. The molecule has 296 valence electrons. The summed E-state index contributed by atoms with van der Waals surface area (Å²) in [6.07, 6.45) is 0. The number of hydrogen-bond donors (Lipinski definition) is 0. The van der Waals surface area contributed by atoms with E-state index < -0.39 is 5.41 Å². The number of fused-ring (bicyclic) bond motifs is 12. The highest BCUT2D eigenvalue weighted by Gasteiger charge is 2.39. The SMILES string of the molecule is CC1(C)c2cc3ccccc3cc2N(c2nc(-c3ccccc3)nc(-c3ccccc3)n2)c2cc3c(cc21)c1cc2c4ccccc4c4ccccc4c2cc1n3-c1ccccc1. The van der Waals surface area contributed by atoms with E-state index in [0.717, 1.165) is 44.6 Å². The molecule has 0 atom stereocenters. The molecule has 1 aliphatic heterocycles. The number of rotatable bonds is 4. The van der Waals surface area contributed by atoms with Gasteiger partial charge in [0.2, 0.25) is 5.95 Å². The van der Waals surface area contributed by atoms with Crippen molar-refractivity contribution in [2.45, 2.75) is 19.3 Å². The third kappa shape index (κ3) is 5.33. The third-order valence-electron chi connectivity index (χ3n) is 13.3. The molecule has 13 rings (SSSR count). The molecule has 0 bridgehead atoms. The standard InChI is InChI=1S/C58H39N5/c1-58(2)49-30-38-22-12-13-23-39(38)31-53(49)63(57-60-55(36-18-6-3-7-19-36)59-56(61-57)37-20-8-4-9-21-37)54-35-52-48(33-50(54)58)47-32-45-43-28-16-14-26-41(43)42-27-15-17-29-44(42)46(45)34-51(47)62(52)40-24-10-5-11-25-40/h3-35H,1-2H3. The Morgan fingerprint density at radius 2 is 0.810 bits per heavy atom. The van der Waals surface area contributed by atoms with Gasteiger partial charge in [0, 0.05) is 33.0 Å². The van der Waals surface area contributed by atoms with Crippen LogP contribution >= 0.6 is 0 Å². The van der Waals surface area contributed by atoms with Crippen LogP contribution in [-0.4, -0.2) is 19.5 Å². The van der Waals surface area contributed by atoms with Crippen molar-refractivity contribution in [1.82, 2.24) is 19.5 Å². The smallest absolute Gasteiger partial charge is 0.238 e. The van der Waals surface area contributed by atoms with Crippen LogP contribution in [-0.2, 0) is 5.41 Å². The molecular formula is C58H39N5. The number of aromatic nitrogens is 4. The van der Waals surface area contributed by atoms with E-state index in [2.05, 4.69) is 187 Å². The molecule has 1 aliphatic rings. The van der Waals surface area contributed by atoms with Gasteiger partial charge >= 0.3 is 0 Å². The van der Waals surface area contributed by atoms with E-state index in [0.29, 0.717) is 17.6 Å². The molecule has 5 heteroatoms. The topological polar surface area (TPSA) is 46.8 Å². The molecule has 63 heavy (non-hydrogen) atoms. The Balaban J connectivity index is 1.18. The summed E-state index contributed by atoms with van der Waals surface area (Å²) < 4.78 is 2.45. The van der Waals surface area contributed by atoms with Crippen LogP contribution in [0.1, 0.15) is 25.0 Å². The van der Waals surface area contributed by atoms with E-state index in [9.17, 15) is 0 Å². The fourth-order valence-electron chi connectivity index (χ4n) is 10.3. The maximum atomic E-state index is 5.37. The van der Waals surface area contributed by atoms with Gasteiger partial charge in [-0.05, 0) is 103 Å². The van der Waals surface area contributed by atoms with Crippen LogP contribution in [0.15, 0.2) is 200 Å². The second-order valence-electron chi connectivity index (χ2n) is 17.3. The summed E-state index contributed by atoms with van der Waals surface area (Å²) in [6, 6.07) is 72.1. The molecule has 5 nitrogen and oxygen atoms in total. The molecule has 0 radical (unpaired) electrons. The van der Waals surface area contributed by atoms with Gasteiger partial charge in [0.15, 0.2) is 11.6 Å².